The predicted molar refractivity (Wildman–Crippen MR) is 63.7 cm³/mol. The quantitative estimate of drug-likeness (QED) is 0.924. The number of aromatic nitrogens is 1. The lowest BCUT2D eigenvalue weighted by Gasteiger charge is -2.21. The third-order valence-electron chi connectivity index (χ3n) is 2.32. The number of amides is 1. The summed E-state index contributed by atoms with van der Waals surface area (Å²) in [5, 5.41) is 11.6. The number of hydrogen-bond donors (Lipinski definition) is 1. The first-order valence-electron chi connectivity index (χ1n) is 4.86. The van der Waals surface area contributed by atoms with Gasteiger partial charge in [0.15, 0.2) is 0 Å². The number of nitrogens with one attached hydrogen (secondary N) is 1. The molecule has 1 unspecified atom stereocenters. The van der Waals surface area contributed by atoms with Gasteiger partial charge in [-0.3, -0.25) is 4.79 Å². The molecule has 0 aliphatic carbocycles. The van der Waals surface area contributed by atoms with Crippen molar-refractivity contribution in [1.29, 1.82) is 5.26 Å². The molecular formula is C11H12BrN3O. The van der Waals surface area contributed by atoms with E-state index in [1.165, 1.54) is 6.20 Å². The van der Waals surface area contributed by atoms with Crippen LogP contribution in [0.1, 0.15) is 30.8 Å². The Morgan fingerprint density at radius 1 is 1.75 bits per heavy atom. The van der Waals surface area contributed by atoms with Crippen LogP contribution in [0.3, 0.4) is 0 Å². The fourth-order valence-electron chi connectivity index (χ4n) is 1.06. The molecule has 5 heteroatoms. The van der Waals surface area contributed by atoms with Crippen LogP contribution in [0.15, 0.2) is 22.8 Å². The third kappa shape index (κ3) is 2.80. The zero-order valence-corrected chi connectivity index (χ0v) is 10.7. The molecule has 1 amide bonds. The number of hydrogen-bond acceptors (Lipinski definition) is 3. The molecule has 16 heavy (non-hydrogen) atoms. The number of nitriles is 1. The first kappa shape index (κ1) is 12.7. The number of pyridine rings is 1. The van der Waals surface area contributed by atoms with Crippen LogP contribution in [0.4, 0.5) is 0 Å². The normalized spacial score (nSPS) is 13.6. The first-order chi connectivity index (χ1) is 7.52. The molecule has 0 radical (unpaired) electrons. The highest BCUT2D eigenvalue weighted by atomic mass is 79.9. The highest BCUT2D eigenvalue weighted by Gasteiger charge is 2.25. The average molecular weight is 282 g/mol. The Morgan fingerprint density at radius 2 is 2.44 bits per heavy atom. The lowest BCUT2D eigenvalue weighted by molar-refractivity contribution is 0.0917. The van der Waals surface area contributed by atoms with Crippen molar-refractivity contribution in [3.05, 3.63) is 28.5 Å². The fraction of sp³-hybridized carbons (Fsp3) is 0.364. The number of carbonyl (C=O) groups excluding carboxylic acids is 1. The van der Waals surface area contributed by atoms with Gasteiger partial charge in [-0.15, -0.1) is 0 Å². The van der Waals surface area contributed by atoms with Crippen molar-refractivity contribution in [3.63, 3.8) is 0 Å². The second-order valence-electron chi connectivity index (χ2n) is 3.59. The molecule has 0 saturated heterocycles. The molecule has 1 heterocycles. The monoisotopic (exact) mass is 281 g/mol. The topological polar surface area (TPSA) is 65.8 Å². The summed E-state index contributed by atoms with van der Waals surface area (Å²) in [7, 11) is 0. The van der Waals surface area contributed by atoms with Crippen LogP contribution in [-0.4, -0.2) is 16.4 Å². The van der Waals surface area contributed by atoms with Crippen molar-refractivity contribution < 1.29 is 4.79 Å². The second kappa shape index (κ2) is 5.08. The van der Waals surface area contributed by atoms with Gasteiger partial charge in [0, 0.05) is 10.7 Å². The van der Waals surface area contributed by atoms with Crippen LogP contribution in [0, 0.1) is 11.3 Å². The molecule has 1 rings (SSSR count). The molecule has 0 aliphatic rings. The van der Waals surface area contributed by atoms with E-state index in [1.807, 2.05) is 6.92 Å². The van der Waals surface area contributed by atoms with Crippen molar-refractivity contribution in [2.24, 2.45) is 0 Å². The molecule has 4 nitrogen and oxygen atoms in total. The largest absolute Gasteiger partial charge is 0.333 e. The molecule has 1 atom stereocenters. The van der Waals surface area contributed by atoms with Gasteiger partial charge in [-0.2, -0.15) is 5.26 Å². The van der Waals surface area contributed by atoms with Gasteiger partial charge in [-0.05, 0) is 41.4 Å². The van der Waals surface area contributed by atoms with Crippen LogP contribution in [-0.2, 0) is 0 Å². The van der Waals surface area contributed by atoms with Crippen LogP contribution < -0.4 is 5.32 Å². The molecule has 0 saturated carbocycles. The molecular weight excluding hydrogens is 270 g/mol. The molecule has 0 aromatic carbocycles. The minimum absolute atomic E-state index is 0.289. The lowest BCUT2D eigenvalue weighted by atomic mass is 10.0. The maximum Gasteiger partial charge on any atom is 0.272 e. The van der Waals surface area contributed by atoms with Crippen molar-refractivity contribution in [2.75, 3.05) is 0 Å². The van der Waals surface area contributed by atoms with E-state index in [4.69, 9.17) is 5.26 Å². The summed E-state index contributed by atoms with van der Waals surface area (Å²) in [6.45, 7) is 3.53. The molecule has 1 aromatic rings. The van der Waals surface area contributed by atoms with E-state index in [9.17, 15) is 4.79 Å². The lowest BCUT2D eigenvalue weighted by Crippen LogP contribution is -2.44. The smallest absolute Gasteiger partial charge is 0.272 e. The Balaban J connectivity index is 2.90. The van der Waals surface area contributed by atoms with Gasteiger partial charge in [0.25, 0.3) is 5.91 Å². The minimum Gasteiger partial charge on any atom is -0.333 e. The van der Waals surface area contributed by atoms with E-state index >= 15 is 0 Å². The van der Waals surface area contributed by atoms with E-state index in [2.05, 4.69) is 32.3 Å². The van der Waals surface area contributed by atoms with Gasteiger partial charge in [0.05, 0.1) is 6.07 Å². The van der Waals surface area contributed by atoms with E-state index in [-0.39, 0.29) is 11.6 Å². The molecule has 0 spiro atoms. The SMILES string of the molecule is CCC(C)(C#N)NC(=O)c1ncccc1Br. The molecule has 1 N–H and O–H groups in total. The van der Waals surface area contributed by atoms with Crippen LogP contribution in [0.5, 0.6) is 0 Å². The zero-order chi connectivity index (χ0) is 12.2. The summed E-state index contributed by atoms with van der Waals surface area (Å²) in [5.74, 6) is -0.349. The fourth-order valence-corrected chi connectivity index (χ4v) is 1.49. The van der Waals surface area contributed by atoms with Gasteiger partial charge in [0.1, 0.15) is 11.2 Å². The van der Waals surface area contributed by atoms with Crippen molar-refractivity contribution >= 4 is 21.8 Å². The predicted octanol–water partition coefficient (Wildman–Crippen LogP) is 2.27. The highest BCUT2D eigenvalue weighted by molar-refractivity contribution is 9.10. The standard InChI is InChI=1S/C11H12BrN3O/c1-3-11(2,7-13)15-10(16)9-8(12)5-4-6-14-9/h4-6H,3H2,1-2H3,(H,15,16). The molecule has 0 bridgehead atoms. The maximum atomic E-state index is 11.8. The Hall–Kier alpha value is -1.41. The van der Waals surface area contributed by atoms with Crippen LogP contribution in [0.2, 0.25) is 0 Å². The maximum absolute atomic E-state index is 11.8. The van der Waals surface area contributed by atoms with E-state index < -0.39 is 5.54 Å². The van der Waals surface area contributed by atoms with Gasteiger partial charge in [-0.25, -0.2) is 4.98 Å². The molecule has 0 aliphatic heterocycles. The van der Waals surface area contributed by atoms with Crippen LogP contribution >= 0.6 is 15.9 Å². The summed E-state index contributed by atoms with van der Waals surface area (Å²) in [5.41, 5.74) is -0.564. The number of carbonyl (C=O) groups is 1. The summed E-state index contributed by atoms with van der Waals surface area (Å²) in [6, 6.07) is 5.53. The molecule has 1 aromatic heterocycles. The average Bonchev–Trinajstić information content (AvgIpc) is 2.29. The van der Waals surface area contributed by atoms with Gasteiger partial charge in [-0.1, -0.05) is 6.92 Å². The van der Waals surface area contributed by atoms with Crippen LogP contribution in [0.25, 0.3) is 0 Å². The first-order valence-corrected chi connectivity index (χ1v) is 5.66. The van der Waals surface area contributed by atoms with Gasteiger partial charge in [0.2, 0.25) is 0 Å². The van der Waals surface area contributed by atoms with Crippen molar-refractivity contribution in [1.82, 2.24) is 10.3 Å². The van der Waals surface area contributed by atoms with Crippen molar-refractivity contribution in [3.8, 4) is 6.07 Å². The number of rotatable bonds is 3. The minimum atomic E-state index is -0.853. The van der Waals surface area contributed by atoms with Gasteiger partial charge >= 0.3 is 0 Å². The molecule has 84 valence electrons. The molecule has 0 fully saturated rings. The van der Waals surface area contributed by atoms with Crippen molar-refractivity contribution in [2.45, 2.75) is 25.8 Å². The zero-order valence-electron chi connectivity index (χ0n) is 9.12. The van der Waals surface area contributed by atoms with E-state index in [0.29, 0.717) is 10.9 Å². The Kier molecular flexibility index (Phi) is 4.02. The second-order valence-corrected chi connectivity index (χ2v) is 4.44. The number of halogens is 1. The summed E-state index contributed by atoms with van der Waals surface area (Å²) in [6.07, 6.45) is 2.08. The Labute approximate surface area is 103 Å². The summed E-state index contributed by atoms with van der Waals surface area (Å²) < 4.78 is 0.615. The summed E-state index contributed by atoms with van der Waals surface area (Å²) in [4.78, 5) is 15.8. The van der Waals surface area contributed by atoms with E-state index in [1.54, 1.807) is 19.1 Å². The summed E-state index contributed by atoms with van der Waals surface area (Å²) >= 11 is 3.24. The highest BCUT2D eigenvalue weighted by Crippen LogP contribution is 2.15. The number of nitrogens with zero attached hydrogens (tertiary/aromatic N) is 2. The third-order valence-corrected chi connectivity index (χ3v) is 2.96. The Morgan fingerprint density at radius 3 is 2.94 bits per heavy atom. The Bertz CT molecular complexity index is 441. The van der Waals surface area contributed by atoms with E-state index in [0.717, 1.165) is 0 Å². The van der Waals surface area contributed by atoms with Gasteiger partial charge < -0.3 is 5.32 Å².